The van der Waals surface area contributed by atoms with Crippen LogP contribution in [0.5, 0.6) is 11.5 Å². The maximum Gasteiger partial charge on any atom is 0.234 e. The van der Waals surface area contributed by atoms with Gasteiger partial charge in [-0.2, -0.15) is 0 Å². The highest BCUT2D eigenvalue weighted by Crippen LogP contribution is 2.30. The highest BCUT2D eigenvalue weighted by atomic mass is 32.2. The molecule has 1 aromatic heterocycles. The van der Waals surface area contributed by atoms with Crippen LogP contribution in [-0.2, 0) is 11.3 Å². The van der Waals surface area contributed by atoms with Gasteiger partial charge in [0.15, 0.2) is 11.0 Å². The number of hydrogen-bond donors (Lipinski definition) is 2. The van der Waals surface area contributed by atoms with E-state index in [0.717, 1.165) is 0 Å². The van der Waals surface area contributed by atoms with Crippen molar-refractivity contribution in [2.75, 3.05) is 18.2 Å². The van der Waals surface area contributed by atoms with Crippen molar-refractivity contribution in [2.45, 2.75) is 18.6 Å². The van der Waals surface area contributed by atoms with Crippen molar-refractivity contribution in [1.29, 1.82) is 0 Å². The van der Waals surface area contributed by atoms with Gasteiger partial charge in [0, 0.05) is 18.3 Å². The third-order valence-electron chi connectivity index (χ3n) is 3.86. The minimum absolute atomic E-state index is 0.145. The normalized spacial score (nSPS) is 10.6. The molecule has 0 unspecified atom stereocenters. The molecule has 3 aromatic rings. The number of phenols is 1. The summed E-state index contributed by atoms with van der Waals surface area (Å²) >= 11 is 1.29. The lowest BCUT2D eigenvalue weighted by molar-refractivity contribution is -0.113. The standard InChI is InChI=1S/C19H20N4O3S/c1-3-23-18(15-9-4-5-10-16(15)24)21-22-19(23)27-12-17(25)20-13-7-6-8-14(11-13)26-2/h4-11,24H,3,12H2,1-2H3,(H,20,25). The predicted octanol–water partition coefficient (Wildman–Crippen LogP) is 3.41. The number of carbonyl (C=O) groups is 1. The molecule has 27 heavy (non-hydrogen) atoms. The number of hydrogen-bond acceptors (Lipinski definition) is 6. The molecule has 3 rings (SSSR count). The topological polar surface area (TPSA) is 89.3 Å². The van der Waals surface area contributed by atoms with Gasteiger partial charge in [0.05, 0.1) is 18.4 Å². The number of thioether (sulfide) groups is 1. The molecular formula is C19H20N4O3S. The quantitative estimate of drug-likeness (QED) is 0.607. The summed E-state index contributed by atoms with van der Waals surface area (Å²) < 4.78 is 7.03. The molecule has 0 aliphatic carbocycles. The van der Waals surface area contributed by atoms with Crippen molar-refractivity contribution in [3.8, 4) is 22.9 Å². The van der Waals surface area contributed by atoms with E-state index in [1.54, 1.807) is 37.4 Å². The number of rotatable bonds is 7. The Labute approximate surface area is 161 Å². The molecule has 0 spiro atoms. The first-order valence-electron chi connectivity index (χ1n) is 8.40. The Morgan fingerprint density at radius 1 is 1.22 bits per heavy atom. The van der Waals surface area contributed by atoms with Crippen molar-refractivity contribution in [3.05, 3.63) is 48.5 Å². The number of ether oxygens (including phenoxy) is 1. The van der Waals surface area contributed by atoms with Gasteiger partial charge in [0.2, 0.25) is 5.91 Å². The lowest BCUT2D eigenvalue weighted by atomic mass is 10.2. The first kappa shape index (κ1) is 18.8. The zero-order valence-electron chi connectivity index (χ0n) is 15.0. The van der Waals surface area contributed by atoms with E-state index in [9.17, 15) is 9.90 Å². The molecule has 0 aliphatic heterocycles. The fraction of sp³-hybridized carbons (Fsp3) is 0.211. The Balaban J connectivity index is 1.69. The number of methoxy groups -OCH3 is 1. The van der Waals surface area contributed by atoms with Gasteiger partial charge in [-0.1, -0.05) is 30.0 Å². The van der Waals surface area contributed by atoms with Crippen LogP contribution < -0.4 is 10.1 Å². The van der Waals surface area contributed by atoms with E-state index >= 15 is 0 Å². The second kappa shape index (κ2) is 8.59. The highest BCUT2D eigenvalue weighted by Gasteiger charge is 2.16. The van der Waals surface area contributed by atoms with Crippen molar-refractivity contribution < 1.29 is 14.6 Å². The van der Waals surface area contributed by atoms with Gasteiger partial charge in [-0.05, 0) is 31.2 Å². The molecule has 140 valence electrons. The molecule has 1 heterocycles. The lowest BCUT2D eigenvalue weighted by Crippen LogP contribution is -2.14. The Morgan fingerprint density at radius 2 is 2.04 bits per heavy atom. The molecule has 0 bridgehead atoms. The molecule has 0 saturated carbocycles. The molecule has 0 aliphatic rings. The monoisotopic (exact) mass is 384 g/mol. The molecule has 0 atom stereocenters. The second-order valence-corrected chi connectivity index (χ2v) is 6.58. The predicted molar refractivity (Wildman–Crippen MR) is 105 cm³/mol. The van der Waals surface area contributed by atoms with E-state index in [0.29, 0.717) is 34.5 Å². The van der Waals surface area contributed by atoms with E-state index in [4.69, 9.17) is 4.74 Å². The molecule has 0 radical (unpaired) electrons. The second-order valence-electron chi connectivity index (χ2n) is 5.64. The van der Waals surface area contributed by atoms with Crippen molar-refractivity contribution in [1.82, 2.24) is 14.8 Å². The van der Waals surface area contributed by atoms with Crippen molar-refractivity contribution >= 4 is 23.4 Å². The van der Waals surface area contributed by atoms with Crippen LogP contribution in [0.3, 0.4) is 0 Å². The number of nitrogens with zero attached hydrogens (tertiary/aromatic N) is 3. The number of benzene rings is 2. The molecule has 1 amide bonds. The Bertz CT molecular complexity index is 942. The van der Waals surface area contributed by atoms with Gasteiger partial charge >= 0.3 is 0 Å². The first-order valence-corrected chi connectivity index (χ1v) is 9.39. The van der Waals surface area contributed by atoms with Crippen LogP contribution in [0.1, 0.15) is 6.92 Å². The van der Waals surface area contributed by atoms with Gasteiger partial charge in [-0.15, -0.1) is 10.2 Å². The van der Waals surface area contributed by atoms with Crippen LogP contribution in [-0.4, -0.2) is 38.6 Å². The van der Waals surface area contributed by atoms with Gasteiger partial charge < -0.3 is 19.7 Å². The summed E-state index contributed by atoms with van der Waals surface area (Å²) in [5.41, 5.74) is 1.28. The minimum Gasteiger partial charge on any atom is -0.507 e. The molecule has 2 aromatic carbocycles. The summed E-state index contributed by atoms with van der Waals surface area (Å²) in [5.74, 6) is 1.44. The zero-order valence-corrected chi connectivity index (χ0v) is 15.9. The van der Waals surface area contributed by atoms with Crippen LogP contribution in [0.15, 0.2) is 53.7 Å². The van der Waals surface area contributed by atoms with Gasteiger partial charge in [0.1, 0.15) is 11.5 Å². The minimum atomic E-state index is -0.150. The number of aromatic hydroxyl groups is 1. The molecule has 8 heteroatoms. The summed E-state index contributed by atoms with van der Waals surface area (Å²) in [4.78, 5) is 12.2. The van der Waals surface area contributed by atoms with Gasteiger partial charge in [-0.25, -0.2) is 0 Å². The van der Waals surface area contributed by atoms with Crippen LogP contribution >= 0.6 is 11.8 Å². The average Bonchev–Trinajstić information content (AvgIpc) is 3.09. The van der Waals surface area contributed by atoms with Gasteiger partial charge in [-0.3, -0.25) is 4.79 Å². The molecule has 0 saturated heterocycles. The summed E-state index contributed by atoms with van der Waals surface area (Å²) in [6.07, 6.45) is 0. The van der Waals surface area contributed by atoms with Crippen molar-refractivity contribution in [3.63, 3.8) is 0 Å². The smallest absolute Gasteiger partial charge is 0.234 e. The summed E-state index contributed by atoms with van der Waals surface area (Å²) in [6, 6.07) is 14.2. The third kappa shape index (κ3) is 4.40. The highest BCUT2D eigenvalue weighted by molar-refractivity contribution is 7.99. The maximum atomic E-state index is 12.2. The third-order valence-corrected chi connectivity index (χ3v) is 4.83. The molecule has 7 nitrogen and oxygen atoms in total. The summed E-state index contributed by atoms with van der Waals surface area (Å²) in [6.45, 7) is 2.59. The van der Waals surface area contributed by atoms with Gasteiger partial charge in [0.25, 0.3) is 0 Å². The van der Waals surface area contributed by atoms with E-state index in [-0.39, 0.29) is 17.4 Å². The Morgan fingerprint density at radius 3 is 2.78 bits per heavy atom. The number of anilines is 1. The number of aromatic nitrogens is 3. The maximum absolute atomic E-state index is 12.2. The van der Waals surface area contributed by atoms with E-state index in [1.807, 2.05) is 29.7 Å². The van der Waals surface area contributed by atoms with E-state index < -0.39 is 0 Å². The Hall–Kier alpha value is -3.00. The lowest BCUT2D eigenvalue weighted by Gasteiger charge is -2.09. The van der Waals surface area contributed by atoms with Crippen LogP contribution in [0.2, 0.25) is 0 Å². The summed E-state index contributed by atoms with van der Waals surface area (Å²) in [7, 11) is 1.58. The zero-order chi connectivity index (χ0) is 19.2. The largest absolute Gasteiger partial charge is 0.507 e. The number of para-hydroxylation sites is 1. The fourth-order valence-corrected chi connectivity index (χ4v) is 3.37. The number of nitrogens with one attached hydrogen (secondary N) is 1. The van der Waals surface area contributed by atoms with Crippen molar-refractivity contribution in [2.24, 2.45) is 0 Å². The van der Waals surface area contributed by atoms with Crippen LogP contribution in [0.4, 0.5) is 5.69 Å². The first-order chi connectivity index (χ1) is 13.1. The summed E-state index contributed by atoms with van der Waals surface area (Å²) in [5, 5.41) is 21.9. The number of carbonyl (C=O) groups excluding carboxylic acids is 1. The number of amides is 1. The average molecular weight is 384 g/mol. The van der Waals surface area contributed by atoms with E-state index in [2.05, 4.69) is 15.5 Å². The van der Waals surface area contributed by atoms with Crippen LogP contribution in [0, 0.1) is 0 Å². The van der Waals surface area contributed by atoms with E-state index in [1.165, 1.54) is 11.8 Å². The Kier molecular flexibility index (Phi) is 5.97. The number of phenolic OH excluding ortho intramolecular Hbond substituents is 1. The van der Waals surface area contributed by atoms with Crippen LogP contribution in [0.25, 0.3) is 11.4 Å². The fourth-order valence-electron chi connectivity index (χ4n) is 2.57. The molecular weight excluding hydrogens is 364 g/mol. The molecule has 2 N–H and O–H groups in total. The molecule has 0 fully saturated rings. The SMILES string of the molecule is CCn1c(SCC(=O)Nc2cccc(OC)c2)nnc1-c1ccccc1O.